The molecule has 0 saturated heterocycles. The first-order chi connectivity index (χ1) is 16.5. The molecule has 2 aromatic carbocycles. The van der Waals surface area contributed by atoms with Crippen LogP contribution in [0.4, 0.5) is 5.69 Å². The number of nitrogens with one attached hydrogen (secondary N) is 3. The second-order valence-electron chi connectivity index (χ2n) is 7.19. The third kappa shape index (κ3) is 5.85. The molecule has 0 fully saturated rings. The van der Waals surface area contributed by atoms with Crippen molar-refractivity contribution in [2.75, 3.05) is 25.0 Å². The Morgan fingerprint density at radius 1 is 1.09 bits per heavy atom. The van der Waals surface area contributed by atoms with E-state index in [1.165, 1.54) is 6.07 Å². The third-order valence-electron chi connectivity index (χ3n) is 4.77. The molecular weight excluding hydrogens is 500 g/mol. The zero-order chi connectivity index (χ0) is 25.8. The highest BCUT2D eigenvalue weighted by Crippen LogP contribution is 2.37. The smallest absolute Gasteiger partial charge is 0.242 e. The van der Waals surface area contributed by atoms with E-state index in [2.05, 4.69) is 30.7 Å². The fraction of sp³-hybridized carbons (Fsp3) is 0.222. The number of anilines is 1. The first-order valence-corrected chi connectivity index (χ1v) is 13.0. The number of amides is 1. The molecule has 17 heteroatoms. The van der Waals surface area contributed by atoms with E-state index in [0.717, 1.165) is 12.1 Å². The van der Waals surface area contributed by atoms with Gasteiger partial charge in [0.05, 0.1) is 17.3 Å². The summed E-state index contributed by atoms with van der Waals surface area (Å²) in [4.78, 5) is 11.2. The number of tetrazole rings is 1. The average Bonchev–Trinajstić information content (AvgIpc) is 3.35. The van der Waals surface area contributed by atoms with Crippen molar-refractivity contribution in [3.63, 3.8) is 0 Å². The number of carbonyl (C=O) groups is 1. The number of nitrogens with two attached hydrogens (primary N) is 4. The minimum absolute atomic E-state index is 0.00239. The van der Waals surface area contributed by atoms with Gasteiger partial charge in [0, 0.05) is 19.6 Å². The van der Waals surface area contributed by atoms with Crippen LogP contribution in [0.1, 0.15) is 0 Å². The van der Waals surface area contributed by atoms with Crippen LogP contribution in [0.5, 0.6) is 0 Å². The second-order valence-corrected chi connectivity index (χ2v) is 10.5. The van der Waals surface area contributed by atoms with Crippen molar-refractivity contribution in [1.82, 2.24) is 25.3 Å². The van der Waals surface area contributed by atoms with Gasteiger partial charge < -0.3 is 22.5 Å². The fourth-order valence-corrected chi connectivity index (χ4v) is 5.56. The van der Waals surface area contributed by atoms with Crippen LogP contribution in [-0.2, 0) is 24.8 Å². The molecule has 1 amide bonds. The molecule has 35 heavy (non-hydrogen) atoms. The summed E-state index contributed by atoms with van der Waals surface area (Å²) in [6, 6.07) is 7.30. The first-order valence-electron chi connectivity index (χ1n) is 10.00. The Balaban J connectivity index is 2.23. The topological polar surface area (TPSA) is 268 Å². The van der Waals surface area contributed by atoms with Crippen molar-refractivity contribution in [1.29, 1.82) is 0 Å². The molecule has 0 aliphatic rings. The molecule has 3 rings (SSSR count). The standard InChI is InChI=1S/C18H24N10O5S2/c19-6-7-23-35(32,33)14-5-4-10(8-15(14)34(22,30)31)11-2-1-3-13(24-18(29)12(21)9-20)16(11)17-25-27-28-26-17/h1-5,8,12,23H,6-7,9,19-21H2,(H,24,29)(H2,22,30,31)(H,25,26,27,28). The van der Waals surface area contributed by atoms with E-state index in [0.29, 0.717) is 5.56 Å². The summed E-state index contributed by atoms with van der Waals surface area (Å²) >= 11 is 0. The van der Waals surface area contributed by atoms with Crippen molar-refractivity contribution >= 4 is 31.6 Å². The maximum atomic E-state index is 12.6. The van der Waals surface area contributed by atoms with E-state index in [9.17, 15) is 21.6 Å². The van der Waals surface area contributed by atoms with Crippen LogP contribution in [-0.4, -0.2) is 69.0 Å². The summed E-state index contributed by atoms with van der Waals surface area (Å²) < 4.78 is 52.1. The lowest BCUT2D eigenvalue weighted by Gasteiger charge is -2.17. The van der Waals surface area contributed by atoms with E-state index in [1.54, 1.807) is 18.2 Å². The Hall–Kier alpha value is -3.32. The number of H-pyrrole nitrogens is 1. The van der Waals surface area contributed by atoms with E-state index in [1.807, 2.05) is 0 Å². The predicted molar refractivity (Wildman–Crippen MR) is 126 cm³/mol. The van der Waals surface area contributed by atoms with Crippen LogP contribution in [0.25, 0.3) is 22.5 Å². The first kappa shape index (κ1) is 26.3. The van der Waals surface area contributed by atoms with Crippen molar-refractivity contribution in [3.8, 4) is 22.5 Å². The summed E-state index contributed by atoms with van der Waals surface area (Å²) in [5.74, 6) is -0.511. The normalized spacial score (nSPS) is 12.9. The number of nitrogens with zero attached hydrogens (tertiary/aromatic N) is 3. The largest absolute Gasteiger partial charge is 0.329 e. The monoisotopic (exact) mass is 524 g/mol. The highest BCUT2D eigenvalue weighted by atomic mass is 32.2. The summed E-state index contributed by atoms with van der Waals surface area (Å²) in [5, 5.41) is 21.7. The van der Waals surface area contributed by atoms with Crippen LogP contribution < -0.4 is 32.4 Å². The Labute approximate surface area is 200 Å². The number of sulfonamides is 2. The lowest BCUT2D eigenvalue weighted by atomic mass is 9.97. The number of aromatic nitrogens is 4. The molecule has 0 radical (unpaired) electrons. The van der Waals surface area contributed by atoms with Gasteiger partial charge in [-0.3, -0.25) is 4.79 Å². The van der Waals surface area contributed by atoms with Gasteiger partial charge in [-0.05, 0) is 34.5 Å². The number of hydrogen-bond donors (Lipinski definition) is 7. The average molecular weight is 525 g/mol. The maximum Gasteiger partial charge on any atom is 0.242 e. The minimum atomic E-state index is -4.48. The van der Waals surface area contributed by atoms with Crippen LogP contribution in [0.3, 0.4) is 0 Å². The Kier molecular flexibility index (Phi) is 7.90. The molecule has 0 saturated carbocycles. The predicted octanol–water partition coefficient (Wildman–Crippen LogP) is -2.36. The Morgan fingerprint density at radius 2 is 1.83 bits per heavy atom. The fourth-order valence-electron chi connectivity index (χ4n) is 3.13. The molecule has 0 bridgehead atoms. The molecule has 1 aromatic heterocycles. The molecule has 0 aliphatic heterocycles. The number of primary sulfonamides is 1. The highest BCUT2D eigenvalue weighted by Gasteiger charge is 2.26. The molecule has 0 spiro atoms. The van der Waals surface area contributed by atoms with Crippen molar-refractivity contribution in [3.05, 3.63) is 36.4 Å². The van der Waals surface area contributed by atoms with Gasteiger partial charge in [-0.1, -0.05) is 18.2 Å². The van der Waals surface area contributed by atoms with Crippen LogP contribution >= 0.6 is 0 Å². The molecule has 15 nitrogen and oxygen atoms in total. The SMILES string of the molecule is NCCNS(=O)(=O)c1ccc(-c2cccc(NC(=O)C(N)CN)c2-c2nn[nH]n2)cc1S(N)(=O)=O. The quantitative estimate of drug-likeness (QED) is 0.147. The number of aromatic amines is 1. The van der Waals surface area contributed by atoms with Crippen LogP contribution in [0, 0.1) is 0 Å². The van der Waals surface area contributed by atoms with Crippen molar-refractivity contribution in [2.45, 2.75) is 15.8 Å². The summed E-state index contributed by atoms with van der Waals surface area (Å²) in [5.41, 5.74) is 17.6. The summed E-state index contributed by atoms with van der Waals surface area (Å²) in [7, 11) is -8.72. The highest BCUT2D eigenvalue weighted by molar-refractivity contribution is 7.92. The van der Waals surface area contributed by atoms with Gasteiger partial charge in [0.2, 0.25) is 31.8 Å². The van der Waals surface area contributed by atoms with Crippen LogP contribution in [0.2, 0.25) is 0 Å². The van der Waals surface area contributed by atoms with Crippen LogP contribution in [0.15, 0.2) is 46.2 Å². The lowest BCUT2D eigenvalue weighted by Crippen LogP contribution is -2.41. The molecule has 1 atom stereocenters. The maximum absolute atomic E-state index is 12.6. The Morgan fingerprint density at radius 3 is 2.43 bits per heavy atom. The van der Waals surface area contributed by atoms with Gasteiger partial charge in [-0.15, -0.1) is 10.2 Å². The zero-order valence-electron chi connectivity index (χ0n) is 18.2. The van der Waals surface area contributed by atoms with Gasteiger partial charge in [0.1, 0.15) is 9.79 Å². The second kappa shape index (κ2) is 10.5. The van der Waals surface area contributed by atoms with E-state index >= 15 is 0 Å². The van der Waals surface area contributed by atoms with E-state index in [-0.39, 0.29) is 42.3 Å². The van der Waals surface area contributed by atoms with Crippen molar-refractivity contribution < 1.29 is 21.6 Å². The summed E-state index contributed by atoms with van der Waals surface area (Å²) in [6.07, 6.45) is 0. The molecular formula is C18H24N10O5S2. The number of carbonyl (C=O) groups excluding carboxylic acids is 1. The van der Waals surface area contributed by atoms with Gasteiger partial charge >= 0.3 is 0 Å². The molecule has 0 aliphatic carbocycles. The zero-order valence-corrected chi connectivity index (χ0v) is 19.8. The van der Waals surface area contributed by atoms with Gasteiger partial charge in [-0.2, -0.15) is 5.21 Å². The van der Waals surface area contributed by atoms with Crippen molar-refractivity contribution in [2.24, 2.45) is 22.3 Å². The van der Waals surface area contributed by atoms with Gasteiger partial charge in [0.15, 0.2) is 0 Å². The van der Waals surface area contributed by atoms with Gasteiger partial charge in [-0.25, -0.2) is 26.7 Å². The third-order valence-corrected chi connectivity index (χ3v) is 7.37. The van der Waals surface area contributed by atoms with Gasteiger partial charge in [0.25, 0.3) is 0 Å². The molecule has 188 valence electrons. The molecule has 1 heterocycles. The number of hydrogen-bond acceptors (Lipinski definition) is 11. The number of rotatable bonds is 10. The Bertz CT molecular complexity index is 1430. The molecule has 11 N–H and O–H groups in total. The lowest BCUT2D eigenvalue weighted by molar-refractivity contribution is -0.117. The number of benzene rings is 2. The van der Waals surface area contributed by atoms with E-state index < -0.39 is 41.8 Å². The molecule has 3 aromatic rings. The van der Waals surface area contributed by atoms with E-state index in [4.69, 9.17) is 22.3 Å². The summed E-state index contributed by atoms with van der Waals surface area (Å²) in [6.45, 7) is -0.208. The molecule has 1 unspecified atom stereocenters. The minimum Gasteiger partial charge on any atom is -0.329 e.